The van der Waals surface area contributed by atoms with E-state index < -0.39 is 12.2 Å². The number of rotatable bonds is 11. The van der Waals surface area contributed by atoms with Crippen molar-refractivity contribution in [3.05, 3.63) is 60.7 Å². The Morgan fingerprint density at radius 1 is 0.714 bits per heavy atom. The highest BCUT2D eigenvalue weighted by molar-refractivity contribution is 5.82. The van der Waals surface area contributed by atoms with Crippen LogP contribution in [0.2, 0.25) is 0 Å². The standard InChI is InChI=1S/C22H28N2O4/c1-3-19(27-17-11-7-5-8-12-17)21(25)23-15-16-24-22(26)20(4-2)28-18-13-9-6-10-14-18/h5-14,19-20H,3-4,15-16H2,1-2H3,(H,23,25)(H,24,26)/t19-,20-/m0/s1. The van der Waals surface area contributed by atoms with Gasteiger partial charge in [-0.1, -0.05) is 50.2 Å². The lowest BCUT2D eigenvalue weighted by Crippen LogP contribution is -2.44. The molecular formula is C22H28N2O4. The lowest BCUT2D eigenvalue weighted by atomic mass is 10.2. The molecule has 6 nitrogen and oxygen atoms in total. The molecule has 2 amide bonds. The molecule has 2 N–H and O–H groups in total. The van der Waals surface area contributed by atoms with Gasteiger partial charge in [0, 0.05) is 13.1 Å². The molecule has 2 rings (SSSR count). The largest absolute Gasteiger partial charge is 0.481 e. The summed E-state index contributed by atoms with van der Waals surface area (Å²) in [6, 6.07) is 18.5. The first-order valence-electron chi connectivity index (χ1n) is 9.62. The van der Waals surface area contributed by atoms with Gasteiger partial charge in [-0.15, -0.1) is 0 Å². The van der Waals surface area contributed by atoms with Gasteiger partial charge >= 0.3 is 0 Å². The second-order valence-electron chi connectivity index (χ2n) is 6.24. The maximum absolute atomic E-state index is 12.3. The van der Waals surface area contributed by atoms with Crippen molar-refractivity contribution < 1.29 is 19.1 Å². The third-order valence-corrected chi connectivity index (χ3v) is 4.09. The van der Waals surface area contributed by atoms with Crippen molar-refractivity contribution >= 4 is 11.8 Å². The molecule has 0 radical (unpaired) electrons. The van der Waals surface area contributed by atoms with E-state index in [1.807, 2.05) is 74.5 Å². The lowest BCUT2D eigenvalue weighted by Gasteiger charge is -2.19. The third-order valence-electron chi connectivity index (χ3n) is 4.09. The molecule has 0 heterocycles. The van der Waals surface area contributed by atoms with Gasteiger partial charge in [-0.25, -0.2) is 0 Å². The average Bonchev–Trinajstić information content (AvgIpc) is 2.74. The van der Waals surface area contributed by atoms with Gasteiger partial charge in [-0.05, 0) is 37.1 Å². The highest BCUT2D eigenvalue weighted by atomic mass is 16.5. The van der Waals surface area contributed by atoms with Crippen LogP contribution in [0.5, 0.6) is 11.5 Å². The van der Waals surface area contributed by atoms with Crippen molar-refractivity contribution in [2.24, 2.45) is 0 Å². The van der Waals surface area contributed by atoms with Gasteiger partial charge in [0.15, 0.2) is 12.2 Å². The molecule has 0 unspecified atom stereocenters. The fourth-order valence-corrected chi connectivity index (χ4v) is 2.57. The molecule has 150 valence electrons. The van der Waals surface area contributed by atoms with Crippen molar-refractivity contribution in [3.63, 3.8) is 0 Å². The van der Waals surface area contributed by atoms with E-state index >= 15 is 0 Å². The third kappa shape index (κ3) is 6.95. The Balaban J connectivity index is 1.72. The van der Waals surface area contributed by atoms with Crippen LogP contribution < -0.4 is 20.1 Å². The number of nitrogens with one attached hydrogen (secondary N) is 2. The minimum Gasteiger partial charge on any atom is -0.481 e. The number of hydrogen-bond donors (Lipinski definition) is 2. The lowest BCUT2D eigenvalue weighted by molar-refractivity contribution is -0.129. The number of para-hydroxylation sites is 2. The van der Waals surface area contributed by atoms with Crippen molar-refractivity contribution in [3.8, 4) is 11.5 Å². The van der Waals surface area contributed by atoms with E-state index in [2.05, 4.69) is 10.6 Å². The van der Waals surface area contributed by atoms with Gasteiger partial charge in [0.25, 0.3) is 11.8 Å². The van der Waals surface area contributed by atoms with Gasteiger partial charge < -0.3 is 20.1 Å². The normalized spacial score (nSPS) is 12.5. The van der Waals surface area contributed by atoms with Gasteiger partial charge in [-0.3, -0.25) is 9.59 Å². The number of ether oxygens (including phenoxy) is 2. The van der Waals surface area contributed by atoms with Crippen molar-refractivity contribution in [2.45, 2.75) is 38.9 Å². The van der Waals surface area contributed by atoms with E-state index in [4.69, 9.17) is 9.47 Å². The van der Waals surface area contributed by atoms with Crippen LogP contribution in [0.3, 0.4) is 0 Å². The summed E-state index contributed by atoms with van der Waals surface area (Å²) in [7, 11) is 0. The summed E-state index contributed by atoms with van der Waals surface area (Å²) in [5.41, 5.74) is 0. The molecule has 0 fully saturated rings. The first-order chi connectivity index (χ1) is 13.6. The summed E-state index contributed by atoms with van der Waals surface area (Å²) < 4.78 is 11.4. The Labute approximate surface area is 166 Å². The predicted molar refractivity (Wildman–Crippen MR) is 108 cm³/mol. The Hall–Kier alpha value is -3.02. The van der Waals surface area contributed by atoms with E-state index in [0.29, 0.717) is 37.4 Å². The molecule has 2 aromatic carbocycles. The molecule has 28 heavy (non-hydrogen) atoms. The number of carbonyl (C=O) groups excluding carboxylic acids is 2. The van der Waals surface area contributed by atoms with Crippen LogP contribution in [-0.2, 0) is 9.59 Å². The SMILES string of the molecule is CC[C@H](Oc1ccccc1)C(=O)NCCNC(=O)[C@H](CC)Oc1ccccc1. The molecule has 0 aromatic heterocycles. The van der Waals surface area contributed by atoms with Crippen LogP contribution in [0.4, 0.5) is 0 Å². The van der Waals surface area contributed by atoms with Gasteiger partial charge in [0.05, 0.1) is 0 Å². The second kappa shape index (κ2) is 11.6. The summed E-state index contributed by atoms with van der Waals surface area (Å²) in [6.07, 6.45) is -0.0305. The summed E-state index contributed by atoms with van der Waals surface area (Å²) >= 11 is 0. The molecule has 0 saturated heterocycles. The summed E-state index contributed by atoms with van der Waals surface area (Å²) in [6.45, 7) is 4.42. The fraction of sp³-hybridized carbons (Fsp3) is 0.364. The number of hydrogen-bond acceptors (Lipinski definition) is 4. The van der Waals surface area contributed by atoms with E-state index in [0.717, 1.165) is 0 Å². The minimum absolute atomic E-state index is 0.201. The number of benzene rings is 2. The topological polar surface area (TPSA) is 76.7 Å². The molecule has 0 aliphatic carbocycles. The predicted octanol–water partition coefficient (Wildman–Crippen LogP) is 2.93. The van der Waals surface area contributed by atoms with Crippen LogP contribution >= 0.6 is 0 Å². The molecular weight excluding hydrogens is 356 g/mol. The Morgan fingerprint density at radius 3 is 1.39 bits per heavy atom. The minimum atomic E-state index is -0.567. The van der Waals surface area contributed by atoms with E-state index in [9.17, 15) is 9.59 Å². The van der Waals surface area contributed by atoms with Gasteiger partial charge in [0.2, 0.25) is 0 Å². The van der Waals surface area contributed by atoms with E-state index in [-0.39, 0.29) is 11.8 Å². The van der Waals surface area contributed by atoms with Crippen molar-refractivity contribution in [1.29, 1.82) is 0 Å². The molecule has 2 aromatic rings. The monoisotopic (exact) mass is 384 g/mol. The Kier molecular flexibility index (Phi) is 8.85. The summed E-state index contributed by atoms with van der Waals surface area (Å²) in [5, 5.41) is 5.59. The van der Waals surface area contributed by atoms with Crippen LogP contribution in [0.1, 0.15) is 26.7 Å². The zero-order valence-corrected chi connectivity index (χ0v) is 16.4. The zero-order chi connectivity index (χ0) is 20.2. The smallest absolute Gasteiger partial charge is 0.261 e. The summed E-state index contributed by atoms with van der Waals surface area (Å²) in [5.74, 6) is 0.907. The number of carbonyl (C=O) groups is 2. The quantitative estimate of drug-likeness (QED) is 0.584. The molecule has 0 aliphatic heterocycles. The first-order valence-corrected chi connectivity index (χ1v) is 9.62. The fourth-order valence-electron chi connectivity index (χ4n) is 2.57. The zero-order valence-electron chi connectivity index (χ0n) is 16.4. The first kappa shape index (κ1) is 21.3. The average molecular weight is 384 g/mol. The molecule has 2 atom stereocenters. The van der Waals surface area contributed by atoms with Gasteiger partial charge in [0.1, 0.15) is 11.5 Å². The highest BCUT2D eigenvalue weighted by Crippen LogP contribution is 2.13. The molecule has 0 bridgehead atoms. The van der Waals surface area contributed by atoms with Crippen LogP contribution in [0, 0.1) is 0 Å². The summed E-state index contributed by atoms with van der Waals surface area (Å²) in [4.78, 5) is 24.6. The maximum atomic E-state index is 12.3. The van der Waals surface area contributed by atoms with E-state index in [1.54, 1.807) is 0 Å². The Morgan fingerprint density at radius 2 is 1.07 bits per heavy atom. The molecule has 0 saturated carbocycles. The van der Waals surface area contributed by atoms with Crippen molar-refractivity contribution in [2.75, 3.05) is 13.1 Å². The van der Waals surface area contributed by atoms with Crippen LogP contribution in [0.25, 0.3) is 0 Å². The number of amides is 2. The van der Waals surface area contributed by atoms with Crippen molar-refractivity contribution in [1.82, 2.24) is 10.6 Å². The maximum Gasteiger partial charge on any atom is 0.261 e. The molecule has 0 aliphatic rings. The molecule has 0 spiro atoms. The Bertz CT molecular complexity index is 658. The second-order valence-corrected chi connectivity index (χ2v) is 6.24. The van der Waals surface area contributed by atoms with Gasteiger partial charge in [-0.2, -0.15) is 0 Å². The highest BCUT2D eigenvalue weighted by Gasteiger charge is 2.19. The van der Waals surface area contributed by atoms with E-state index in [1.165, 1.54) is 0 Å². The molecule has 6 heteroatoms. The van der Waals surface area contributed by atoms with Crippen LogP contribution in [0.15, 0.2) is 60.7 Å². The van der Waals surface area contributed by atoms with Crippen LogP contribution in [-0.4, -0.2) is 37.1 Å².